The number of hydrogen-bond acceptors (Lipinski definition) is 3. The van der Waals surface area contributed by atoms with E-state index in [-0.39, 0.29) is 5.91 Å². The highest BCUT2D eigenvalue weighted by molar-refractivity contribution is 6.30. The van der Waals surface area contributed by atoms with Gasteiger partial charge in [0.15, 0.2) is 0 Å². The van der Waals surface area contributed by atoms with Gasteiger partial charge in [-0.25, -0.2) is 0 Å². The summed E-state index contributed by atoms with van der Waals surface area (Å²) in [6.45, 7) is 4.98. The minimum absolute atomic E-state index is 0.243. The zero-order valence-corrected chi connectivity index (χ0v) is 15.8. The average Bonchev–Trinajstić information content (AvgIpc) is 2.68. The molecule has 1 fully saturated rings. The maximum Gasteiger partial charge on any atom is 0.223 e. The summed E-state index contributed by atoms with van der Waals surface area (Å²) in [4.78, 5) is 16.7. The van der Waals surface area contributed by atoms with Gasteiger partial charge in [-0.2, -0.15) is 0 Å². The molecule has 5 heteroatoms. The number of nitrogens with one attached hydrogen (secondary N) is 1. The molecule has 0 atom stereocenters. The maximum absolute atomic E-state index is 12.4. The van der Waals surface area contributed by atoms with Crippen LogP contribution in [0.3, 0.4) is 0 Å². The molecule has 138 valence electrons. The fourth-order valence-electron chi connectivity index (χ4n) is 3.26. The highest BCUT2D eigenvalue weighted by Gasteiger charge is 2.20. The van der Waals surface area contributed by atoms with Gasteiger partial charge < -0.3 is 15.1 Å². The van der Waals surface area contributed by atoms with Crippen LogP contribution in [-0.4, -0.2) is 50.1 Å². The molecular weight excluding hydrogens is 346 g/mol. The Morgan fingerprint density at radius 3 is 2.46 bits per heavy atom. The van der Waals surface area contributed by atoms with Crippen molar-refractivity contribution in [1.82, 2.24) is 10.2 Å². The number of para-hydroxylation sites is 1. The van der Waals surface area contributed by atoms with Crippen molar-refractivity contribution < 1.29 is 4.79 Å². The molecule has 0 spiro atoms. The zero-order chi connectivity index (χ0) is 18.2. The standard InChI is InChI=1S/C21H26ClN3O/c22-19-6-4-5-18(17-19)9-11-23-12-10-21(26)25-15-13-24(14-16-25)20-7-2-1-3-8-20/h1-8,17,23H,9-16H2. The second kappa shape index (κ2) is 9.60. The molecule has 1 saturated heterocycles. The number of rotatable bonds is 7. The first-order valence-electron chi connectivity index (χ1n) is 9.25. The Bertz CT molecular complexity index is 699. The Morgan fingerprint density at radius 2 is 1.73 bits per heavy atom. The number of amides is 1. The summed E-state index contributed by atoms with van der Waals surface area (Å²) in [7, 11) is 0. The van der Waals surface area contributed by atoms with Crippen molar-refractivity contribution in [2.24, 2.45) is 0 Å². The van der Waals surface area contributed by atoms with E-state index in [1.165, 1.54) is 11.3 Å². The summed E-state index contributed by atoms with van der Waals surface area (Å²) in [6.07, 6.45) is 1.48. The second-order valence-electron chi connectivity index (χ2n) is 6.58. The first-order chi connectivity index (χ1) is 12.7. The third-order valence-electron chi connectivity index (χ3n) is 4.75. The lowest BCUT2D eigenvalue weighted by Crippen LogP contribution is -2.49. The van der Waals surface area contributed by atoms with Gasteiger partial charge in [-0.15, -0.1) is 0 Å². The largest absolute Gasteiger partial charge is 0.368 e. The van der Waals surface area contributed by atoms with Crippen molar-refractivity contribution in [2.45, 2.75) is 12.8 Å². The monoisotopic (exact) mass is 371 g/mol. The van der Waals surface area contributed by atoms with E-state index in [0.717, 1.165) is 50.7 Å². The van der Waals surface area contributed by atoms with Crippen LogP contribution < -0.4 is 10.2 Å². The molecule has 1 N–H and O–H groups in total. The molecule has 0 bridgehead atoms. The van der Waals surface area contributed by atoms with Crippen molar-refractivity contribution in [1.29, 1.82) is 0 Å². The molecular formula is C21H26ClN3O. The van der Waals surface area contributed by atoms with Crippen molar-refractivity contribution >= 4 is 23.2 Å². The number of carbonyl (C=O) groups is 1. The van der Waals surface area contributed by atoms with Crippen LogP contribution in [0, 0.1) is 0 Å². The van der Waals surface area contributed by atoms with Gasteiger partial charge in [-0.1, -0.05) is 41.9 Å². The topological polar surface area (TPSA) is 35.6 Å². The van der Waals surface area contributed by atoms with Crippen molar-refractivity contribution in [3.8, 4) is 0 Å². The molecule has 0 aromatic heterocycles. The minimum atomic E-state index is 0.243. The quantitative estimate of drug-likeness (QED) is 0.759. The Balaban J connectivity index is 1.32. The summed E-state index contributed by atoms with van der Waals surface area (Å²) in [5.74, 6) is 0.243. The maximum atomic E-state index is 12.4. The van der Waals surface area contributed by atoms with Crippen LogP contribution in [0.4, 0.5) is 5.69 Å². The molecule has 0 unspecified atom stereocenters. The Labute approximate surface area is 160 Å². The molecule has 1 heterocycles. The van der Waals surface area contributed by atoms with Crippen LogP contribution in [0.2, 0.25) is 5.02 Å². The summed E-state index contributed by atoms with van der Waals surface area (Å²) < 4.78 is 0. The van der Waals surface area contributed by atoms with E-state index >= 15 is 0 Å². The van der Waals surface area contributed by atoms with Crippen LogP contribution >= 0.6 is 11.6 Å². The van der Waals surface area contributed by atoms with E-state index in [9.17, 15) is 4.79 Å². The van der Waals surface area contributed by atoms with Gasteiger partial charge in [-0.3, -0.25) is 4.79 Å². The van der Waals surface area contributed by atoms with Gasteiger partial charge in [0.25, 0.3) is 0 Å². The molecule has 2 aromatic rings. The minimum Gasteiger partial charge on any atom is -0.368 e. The number of nitrogens with zero attached hydrogens (tertiary/aromatic N) is 2. The van der Waals surface area contributed by atoms with Gasteiger partial charge in [-0.05, 0) is 42.8 Å². The smallest absolute Gasteiger partial charge is 0.223 e. The molecule has 1 amide bonds. The molecule has 0 aliphatic carbocycles. The van der Waals surface area contributed by atoms with Gasteiger partial charge in [0.2, 0.25) is 5.91 Å². The SMILES string of the molecule is O=C(CCNCCc1cccc(Cl)c1)N1CCN(c2ccccc2)CC1. The lowest BCUT2D eigenvalue weighted by atomic mass is 10.1. The van der Waals surface area contributed by atoms with Crippen LogP contribution in [0.5, 0.6) is 0 Å². The van der Waals surface area contributed by atoms with Crippen LogP contribution in [-0.2, 0) is 11.2 Å². The van der Waals surface area contributed by atoms with Crippen LogP contribution in [0.15, 0.2) is 54.6 Å². The first-order valence-corrected chi connectivity index (χ1v) is 9.63. The van der Waals surface area contributed by atoms with Crippen molar-refractivity contribution in [3.05, 3.63) is 65.2 Å². The van der Waals surface area contributed by atoms with E-state index in [1.54, 1.807) is 0 Å². The number of halogens is 1. The summed E-state index contributed by atoms with van der Waals surface area (Å²) in [6, 6.07) is 18.3. The van der Waals surface area contributed by atoms with E-state index < -0.39 is 0 Å². The van der Waals surface area contributed by atoms with E-state index in [1.807, 2.05) is 29.2 Å². The molecule has 4 nitrogen and oxygen atoms in total. The van der Waals surface area contributed by atoms with Gasteiger partial charge in [0.05, 0.1) is 0 Å². The lowest BCUT2D eigenvalue weighted by Gasteiger charge is -2.36. The predicted molar refractivity (Wildman–Crippen MR) is 108 cm³/mol. The number of benzene rings is 2. The predicted octanol–water partition coefficient (Wildman–Crippen LogP) is 3.21. The number of hydrogen-bond donors (Lipinski definition) is 1. The summed E-state index contributed by atoms with van der Waals surface area (Å²) >= 11 is 5.99. The molecule has 1 aliphatic heterocycles. The third kappa shape index (κ3) is 5.48. The van der Waals surface area contributed by atoms with Gasteiger partial charge >= 0.3 is 0 Å². The zero-order valence-electron chi connectivity index (χ0n) is 15.0. The molecule has 2 aromatic carbocycles. The summed E-state index contributed by atoms with van der Waals surface area (Å²) in [5, 5.41) is 4.13. The number of carbonyl (C=O) groups excluding carboxylic acids is 1. The van der Waals surface area contributed by atoms with Gasteiger partial charge in [0.1, 0.15) is 0 Å². The fraction of sp³-hybridized carbons (Fsp3) is 0.381. The van der Waals surface area contributed by atoms with E-state index in [0.29, 0.717) is 6.42 Å². The van der Waals surface area contributed by atoms with Crippen LogP contribution in [0.1, 0.15) is 12.0 Å². The van der Waals surface area contributed by atoms with Crippen LogP contribution in [0.25, 0.3) is 0 Å². The van der Waals surface area contributed by atoms with Crippen molar-refractivity contribution in [3.63, 3.8) is 0 Å². The van der Waals surface area contributed by atoms with E-state index in [2.05, 4.69) is 40.5 Å². The van der Waals surface area contributed by atoms with E-state index in [4.69, 9.17) is 11.6 Å². The summed E-state index contributed by atoms with van der Waals surface area (Å²) in [5.41, 5.74) is 2.45. The third-order valence-corrected chi connectivity index (χ3v) is 4.98. The highest BCUT2D eigenvalue weighted by Crippen LogP contribution is 2.15. The fourth-order valence-corrected chi connectivity index (χ4v) is 3.47. The van der Waals surface area contributed by atoms with Gasteiger partial charge in [0, 0.05) is 49.9 Å². The first kappa shape index (κ1) is 18.7. The molecule has 1 aliphatic rings. The Hall–Kier alpha value is -2.04. The molecule has 3 rings (SSSR count). The molecule has 0 radical (unpaired) electrons. The molecule has 26 heavy (non-hydrogen) atoms. The normalized spacial score (nSPS) is 14.5. The second-order valence-corrected chi connectivity index (χ2v) is 7.02. The van der Waals surface area contributed by atoms with Crippen molar-refractivity contribution in [2.75, 3.05) is 44.2 Å². The highest BCUT2D eigenvalue weighted by atomic mass is 35.5. The molecule has 0 saturated carbocycles. The number of piperazine rings is 1. The lowest BCUT2D eigenvalue weighted by molar-refractivity contribution is -0.131. The Morgan fingerprint density at radius 1 is 0.962 bits per heavy atom. The number of anilines is 1. The average molecular weight is 372 g/mol. The Kier molecular flexibility index (Phi) is 6.92.